The summed E-state index contributed by atoms with van der Waals surface area (Å²) < 4.78 is 20.3. The van der Waals surface area contributed by atoms with Gasteiger partial charge in [0.1, 0.15) is 17.6 Å². The average molecular weight is 563 g/mol. The van der Waals surface area contributed by atoms with Crippen molar-refractivity contribution >= 4 is 34.9 Å². The van der Waals surface area contributed by atoms with Crippen molar-refractivity contribution in [2.24, 2.45) is 0 Å². The van der Waals surface area contributed by atoms with Crippen LogP contribution in [-0.2, 0) is 11.2 Å². The van der Waals surface area contributed by atoms with Crippen LogP contribution >= 0.6 is 11.6 Å². The average Bonchev–Trinajstić information content (AvgIpc) is 2.92. The Morgan fingerprint density at radius 1 is 1.00 bits per heavy atom. The normalized spacial score (nSPS) is 11.5. The maximum absolute atomic E-state index is 13.5. The molecule has 0 saturated carbocycles. The number of pyridine rings is 1. The summed E-state index contributed by atoms with van der Waals surface area (Å²) in [5.74, 6) is -2.16. The molecule has 1 aromatic heterocycles. The van der Waals surface area contributed by atoms with Gasteiger partial charge in [-0.3, -0.25) is 19.0 Å². The van der Waals surface area contributed by atoms with Crippen molar-refractivity contribution in [2.75, 3.05) is 12.4 Å². The lowest BCUT2D eigenvalue weighted by Crippen LogP contribution is -2.34. The van der Waals surface area contributed by atoms with Gasteiger partial charge >= 0.3 is 5.97 Å². The van der Waals surface area contributed by atoms with Crippen LogP contribution in [0.5, 0.6) is 5.75 Å². The van der Waals surface area contributed by atoms with Crippen molar-refractivity contribution in [2.45, 2.75) is 19.4 Å². The Labute approximate surface area is 233 Å². The van der Waals surface area contributed by atoms with E-state index in [2.05, 4.69) is 5.32 Å². The van der Waals surface area contributed by atoms with E-state index < -0.39 is 29.3 Å². The fraction of sp³-hybridized carbons (Fsp3) is 0.133. The third-order valence-corrected chi connectivity index (χ3v) is 6.53. The fourth-order valence-corrected chi connectivity index (χ4v) is 4.45. The van der Waals surface area contributed by atoms with Crippen LogP contribution < -0.4 is 15.6 Å². The van der Waals surface area contributed by atoms with E-state index in [1.54, 1.807) is 18.2 Å². The molecule has 1 amide bonds. The van der Waals surface area contributed by atoms with E-state index in [4.69, 9.17) is 21.4 Å². The predicted molar refractivity (Wildman–Crippen MR) is 149 cm³/mol. The molecule has 1 atom stereocenters. The van der Waals surface area contributed by atoms with Gasteiger partial charge < -0.3 is 15.2 Å². The van der Waals surface area contributed by atoms with Crippen LogP contribution in [0.4, 0.5) is 10.1 Å². The van der Waals surface area contributed by atoms with Gasteiger partial charge in [0.15, 0.2) is 5.78 Å². The number of carboxylic acid groups (broad SMARTS) is 1. The highest BCUT2D eigenvalue weighted by Gasteiger charge is 2.25. The highest BCUT2D eigenvalue weighted by molar-refractivity contribution is 6.31. The molecular weight excluding hydrogens is 539 g/mol. The number of nitrogens with one attached hydrogen (secondary N) is 1. The number of carbonyl (C=O) groups is 3. The van der Waals surface area contributed by atoms with Crippen molar-refractivity contribution in [3.05, 3.63) is 117 Å². The second-order valence-electron chi connectivity index (χ2n) is 8.97. The lowest BCUT2D eigenvalue weighted by atomic mass is 9.97. The minimum absolute atomic E-state index is 0.0254. The standard InChI is InChI=1S/C30H24ClFN2O6/c1-17(35)23-12-7-20(31)14-24(23)25-15-28(36)34(16-27(25)40-2)26(13-18-3-8-21(32)9-4-18)29(37)33-22-10-5-19(6-11-22)30(38)39/h3-12,14-16,26H,13H2,1-2H3,(H,33,37)(H,38,39). The molecule has 3 aromatic carbocycles. The van der Waals surface area contributed by atoms with Crippen molar-refractivity contribution in [1.82, 2.24) is 4.57 Å². The van der Waals surface area contributed by atoms with E-state index in [0.29, 0.717) is 33.0 Å². The fourth-order valence-electron chi connectivity index (χ4n) is 4.27. The molecule has 0 aliphatic heterocycles. The number of carbonyl (C=O) groups excluding carboxylic acids is 2. The molecular formula is C30H24ClFN2O6. The summed E-state index contributed by atoms with van der Waals surface area (Å²) in [6, 6.07) is 15.9. The number of amides is 1. The Morgan fingerprint density at radius 3 is 2.27 bits per heavy atom. The third kappa shape index (κ3) is 6.27. The molecule has 0 spiro atoms. The molecule has 0 radical (unpaired) electrons. The Bertz CT molecular complexity index is 1650. The van der Waals surface area contributed by atoms with Crippen LogP contribution in [0.15, 0.2) is 83.8 Å². The molecule has 0 aliphatic rings. The Hall–Kier alpha value is -4.76. The van der Waals surface area contributed by atoms with E-state index >= 15 is 0 Å². The van der Waals surface area contributed by atoms with E-state index in [0.717, 1.165) is 0 Å². The summed E-state index contributed by atoms with van der Waals surface area (Å²) >= 11 is 6.19. The molecule has 4 aromatic rings. The number of rotatable bonds is 9. The minimum Gasteiger partial charge on any atom is -0.495 e. The molecule has 4 rings (SSSR count). The van der Waals surface area contributed by atoms with E-state index in [1.165, 1.54) is 79.4 Å². The molecule has 0 aliphatic carbocycles. The van der Waals surface area contributed by atoms with Crippen molar-refractivity contribution in [3.63, 3.8) is 0 Å². The lowest BCUT2D eigenvalue weighted by Gasteiger charge is -2.22. The van der Waals surface area contributed by atoms with Gasteiger partial charge in [-0.25, -0.2) is 9.18 Å². The number of halogens is 2. The van der Waals surface area contributed by atoms with Gasteiger partial charge in [0.2, 0.25) is 5.91 Å². The molecule has 10 heteroatoms. The number of hydrogen-bond acceptors (Lipinski definition) is 5. The van der Waals surface area contributed by atoms with E-state index in [9.17, 15) is 23.6 Å². The van der Waals surface area contributed by atoms with Gasteiger partial charge in [-0.2, -0.15) is 0 Å². The largest absolute Gasteiger partial charge is 0.495 e. The molecule has 1 unspecified atom stereocenters. The summed E-state index contributed by atoms with van der Waals surface area (Å²) in [6.45, 7) is 1.40. The summed E-state index contributed by atoms with van der Waals surface area (Å²) in [5.41, 5.74) is 1.45. The Morgan fingerprint density at radius 2 is 1.68 bits per heavy atom. The molecule has 0 fully saturated rings. The number of Topliss-reactive ketones (excluding diaryl/α,β-unsaturated/α-hetero) is 1. The van der Waals surface area contributed by atoms with Gasteiger partial charge in [-0.15, -0.1) is 0 Å². The zero-order valence-corrected chi connectivity index (χ0v) is 22.2. The first-order valence-electron chi connectivity index (χ1n) is 12.1. The number of ether oxygens (including phenoxy) is 1. The first-order chi connectivity index (χ1) is 19.1. The summed E-state index contributed by atoms with van der Waals surface area (Å²) in [6.07, 6.45) is 1.40. The first-order valence-corrected chi connectivity index (χ1v) is 12.4. The number of benzene rings is 3. The van der Waals surface area contributed by atoms with Crippen molar-refractivity contribution < 1.29 is 28.6 Å². The number of hydrogen-bond donors (Lipinski definition) is 2. The smallest absolute Gasteiger partial charge is 0.335 e. The number of ketones is 1. The maximum Gasteiger partial charge on any atom is 0.335 e. The van der Waals surface area contributed by atoms with Gasteiger partial charge in [0.05, 0.1) is 18.9 Å². The molecule has 8 nitrogen and oxygen atoms in total. The summed E-state index contributed by atoms with van der Waals surface area (Å²) in [4.78, 5) is 50.5. The van der Waals surface area contributed by atoms with Gasteiger partial charge in [0, 0.05) is 34.3 Å². The van der Waals surface area contributed by atoms with Crippen LogP contribution in [0.1, 0.15) is 39.2 Å². The lowest BCUT2D eigenvalue weighted by molar-refractivity contribution is -0.119. The third-order valence-electron chi connectivity index (χ3n) is 6.30. The first kappa shape index (κ1) is 28.3. The maximum atomic E-state index is 13.5. The van der Waals surface area contributed by atoms with Crippen molar-refractivity contribution in [3.8, 4) is 16.9 Å². The second kappa shape index (κ2) is 12.0. The SMILES string of the molecule is COc1cn(C(Cc2ccc(F)cc2)C(=O)Nc2ccc(C(=O)O)cc2)c(=O)cc1-c1cc(Cl)ccc1C(C)=O. The van der Waals surface area contributed by atoms with Crippen molar-refractivity contribution in [1.29, 1.82) is 0 Å². The molecule has 40 heavy (non-hydrogen) atoms. The van der Waals surface area contributed by atoms with E-state index in [1.807, 2.05) is 0 Å². The molecule has 204 valence electrons. The molecule has 0 saturated heterocycles. The van der Waals surface area contributed by atoms with Gasteiger partial charge in [-0.05, 0) is 72.6 Å². The Kier molecular flexibility index (Phi) is 8.45. The number of aromatic nitrogens is 1. The zero-order valence-electron chi connectivity index (χ0n) is 21.5. The number of carboxylic acids is 1. The minimum atomic E-state index is -1.11. The van der Waals surface area contributed by atoms with Crippen LogP contribution in [0, 0.1) is 5.82 Å². The van der Waals surface area contributed by atoms with Gasteiger partial charge in [0.25, 0.3) is 5.56 Å². The molecule has 2 N–H and O–H groups in total. The van der Waals surface area contributed by atoms with Crippen LogP contribution in [-0.4, -0.2) is 34.4 Å². The summed E-state index contributed by atoms with van der Waals surface area (Å²) in [5, 5.41) is 12.2. The van der Waals surface area contributed by atoms with Crippen LogP contribution in [0.25, 0.3) is 11.1 Å². The van der Waals surface area contributed by atoms with Crippen LogP contribution in [0.3, 0.4) is 0 Å². The highest BCUT2D eigenvalue weighted by atomic mass is 35.5. The number of anilines is 1. The van der Waals surface area contributed by atoms with Gasteiger partial charge in [-0.1, -0.05) is 23.7 Å². The van der Waals surface area contributed by atoms with Crippen LogP contribution in [0.2, 0.25) is 5.02 Å². The monoisotopic (exact) mass is 562 g/mol. The molecule has 1 heterocycles. The number of aromatic carboxylic acids is 1. The summed E-state index contributed by atoms with van der Waals surface area (Å²) in [7, 11) is 1.39. The Balaban J connectivity index is 1.80. The second-order valence-corrected chi connectivity index (χ2v) is 9.40. The molecule has 0 bridgehead atoms. The topological polar surface area (TPSA) is 115 Å². The zero-order chi connectivity index (χ0) is 29.0. The quantitative estimate of drug-likeness (QED) is 0.255. The number of methoxy groups -OCH3 is 1. The highest BCUT2D eigenvalue weighted by Crippen LogP contribution is 2.34. The predicted octanol–water partition coefficient (Wildman–Crippen LogP) is 5.64. The number of nitrogens with zero attached hydrogens (tertiary/aromatic N) is 1. The van der Waals surface area contributed by atoms with E-state index in [-0.39, 0.29) is 23.5 Å².